The summed E-state index contributed by atoms with van der Waals surface area (Å²) in [4.78, 5) is 12.6. The van der Waals surface area contributed by atoms with Crippen molar-refractivity contribution in [3.63, 3.8) is 0 Å². The van der Waals surface area contributed by atoms with Crippen LogP contribution in [0.25, 0.3) is 22.6 Å². The molecule has 0 saturated heterocycles. The third-order valence-electron chi connectivity index (χ3n) is 4.16. The van der Waals surface area contributed by atoms with Crippen LogP contribution in [0.2, 0.25) is 5.02 Å². The van der Waals surface area contributed by atoms with Crippen LogP contribution in [0.5, 0.6) is 5.75 Å². The van der Waals surface area contributed by atoms with Crippen LogP contribution in [-0.4, -0.2) is 32.9 Å². The molecule has 0 saturated carbocycles. The summed E-state index contributed by atoms with van der Waals surface area (Å²) in [6.45, 7) is 1.82. The Kier molecular flexibility index (Phi) is 4.82. The molecule has 2 N–H and O–H groups in total. The van der Waals surface area contributed by atoms with Gasteiger partial charge in [0.15, 0.2) is 5.76 Å². The predicted molar refractivity (Wildman–Crippen MR) is 100 cm³/mol. The molecule has 12 heteroatoms. The highest BCUT2D eigenvalue weighted by Crippen LogP contribution is 2.33. The molecule has 2 heterocycles. The number of aryl methyl sites for hydroxylation is 1. The molecule has 2 aromatic heterocycles. The number of rotatable bonds is 4. The average Bonchev–Trinajstić information content (AvgIpc) is 3.31. The maximum atomic E-state index is 12.6. The van der Waals surface area contributed by atoms with E-state index in [4.69, 9.17) is 16.0 Å². The summed E-state index contributed by atoms with van der Waals surface area (Å²) < 4.78 is 46.5. The minimum absolute atomic E-state index is 0.197. The number of carbonyl (C=O) groups excluding carboxylic acids is 1. The van der Waals surface area contributed by atoms with Gasteiger partial charge in [0.25, 0.3) is 5.91 Å². The summed E-state index contributed by atoms with van der Waals surface area (Å²) in [5, 5.41) is 16.6. The molecule has 0 spiro atoms. The van der Waals surface area contributed by atoms with Gasteiger partial charge in [-0.25, -0.2) is 0 Å². The van der Waals surface area contributed by atoms with Gasteiger partial charge in [-0.15, -0.1) is 23.4 Å². The van der Waals surface area contributed by atoms with Gasteiger partial charge >= 0.3 is 6.36 Å². The fourth-order valence-electron chi connectivity index (χ4n) is 2.83. The summed E-state index contributed by atoms with van der Waals surface area (Å²) in [6, 6.07) is 8.24. The van der Waals surface area contributed by atoms with Crippen molar-refractivity contribution < 1.29 is 27.1 Å². The number of aromatic amines is 1. The predicted octanol–water partition coefficient (Wildman–Crippen LogP) is 4.73. The Balaban J connectivity index is 1.57. The zero-order valence-electron chi connectivity index (χ0n) is 15.0. The van der Waals surface area contributed by atoms with Crippen molar-refractivity contribution in [3.05, 3.63) is 52.5 Å². The minimum Gasteiger partial charge on any atom is -0.452 e. The van der Waals surface area contributed by atoms with Crippen LogP contribution in [0.3, 0.4) is 0 Å². The number of hydrogen-bond donors (Lipinski definition) is 2. The third-order valence-corrected chi connectivity index (χ3v) is 4.46. The highest BCUT2D eigenvalue weighted by atomic mass is 35.5. The summed E-state index contributed by atoms with van der Waals surface area (Å²) >= 11 is 5.80. The highest BCUT2D eigenvalue weighted by Gasteiger charge is 2.32. The molecule has 0 aliphatic rings. The lowest BCUT2D eigenvalue weighted by Gasteiger charge is -2.12. The third kappa shape index (κ3) is 3.92. The number of nitrogens with zero attached hydrogens (tertiary/aromatic N) is 3. The van der Waals surface area contributed by atoms with Crippen molar-refractivity contribution in [1.29, 1.82) is 0 Å². The number of fused-ring (bicyclic) bond motifs is 1. The zero-order chi connectivity index (χ0) is 21.5. The number of anilines is 1. The smallest absolute Gasteiger partial charge is 0.452 e. The van der Waals surface area contributed by atoms with Crippen molar-refractivity contribution in [2.24, 2.45) is 0 Å². The van der Waals surface area contributed by atoms with Crippen LogP contribution < -0.4 is 10.1 Å². The molecule has 1 amide bonds. The van der Waals surface area contributed by atoms with E-state index >= 15 is 0 Å². The number of alkyl halides is 3. The molecule has 0 bridgehead atoms. The Hall–Kier alpha value is -3.60. The molecule has 4 rings (SSSR count). The summed E-state index contributed by atoms with van der Waals surface area (Å²) in [5.74, 6) is -0.370. The van der Waals surface area contributed by atoms with Crippen molar-refractivity contribution >= 4 is 34.2 Å². The lowest BCUT2D eigenvalue weighted by Crippen LogP contribution is -2.17. The summed E-state index contributed by atoms with van der Waals surface area (Å²) in [5.41, 5.74) is 1.68. The first-order valence-corrected chi connectivity index (χ1v) is 8.73. The fraction of sp³-hybridized carbons (Fsp3) is 0.111. The Morgan fingerprint density at radius 2 is 2.03 bits per heavy atom. The maximum absolute atomic E-state index is 12.6. The lowest BCUT2D eigenvalue weighted by atomic mass is 10.1. The first-order valence-electron chi connectivity index (χ1n) is 8.35. The molecule has 0 atom stereocenters. The molecule has 30 heavy (non-hydrogen) atoms. The SMILES string of the molecule is Cc1c(-c2nn[nH]n2)oc2cc(C(=O)Nc3ccc(OC(F)(F)F)c(Cl)c3)ccc12. The normalized spacial score (nSPS) is 11.6. The Morgan fingerprint density at radius 3 is 2.70 bits per heavy atom. The van der Waals surface area contributed by atoms with Crippen LogP contribution in [-0.2, 0) is 0 Å². The molecule has 0 radical (unpaired) electrons. The second kappa shape index (κ2) is 7.34. The molecular weight excluding hydrogens is 427 g/mol. The average molecular weight is 438 g/mol. The van der Waals surface area contributed by atoms with Gasteiger partial charge in [0, 0.05) is 22.2 Å². The van der Waals surface area contributed by atoms with Crippen LogP contribution in [0.4, 0.5) is 18.9 Å². The fourth-order valence-corrected chi connectivity index (χ4v) is 3.05. The van der Waals surface area contributed by atoms with Gasteiger partial charge in [0.1, 0.15) is 11.3 Å². The van der Waals surface area contributed by atoms with E-state index < -0.39 is 18.0 Å². The van der Waals surface area contributed by atoms with Gasteiger partial charge in [0.05, 0.1) is 5.02 Å². The van der Waals surface area contributed by atoms with Crippen molar-refractivity contribution in [2.45, 2.75) is 13.3 Å². The van der Waals surface area contributed by atoms with E-state index in [9.17, 15) is 18.0 Å². The number of ether oxygens (including phenoxy) is 1. The molecular formula is C18H11ClF3N5O3. The number of amides is 1. The largest absolute Gasteiger partial charge is 0.573 e. The second-order valence-electron chi connectivity index (χ2n) is 6.15. The van der Waals surface area contributed by atoms with Gasteiger partial charge in [-0.3, -0.25) is 4.79 Å². The molecule has 2 aromatic carbocycles. The first-order chi connectivity index (χ1) is 14.2. The van der Waals surface area contributed by atoms with Gasteiger partial charge in [-0.05, 0) is 42.5 Å². The van der Waals surface area contributed by atoms with Gasteiger partial charge in [-0.2, -0.15) is 5.21 Å². The van der Waals surface area contributed by atoms with E-state index in [0.29, 0.717) is 11.3 Å². The van der Waals surface area contributed by atoms with Gasteiger partial charge in [-0.1, -0.05) is 17.7 Å². The molecule has 0 aliphatic carbocycles. The topological polar surface area (TPSA) is 106 Å². The van der Waals surface area contributed by atoms with E-state index in [1.165, 1.54) is 12.1 Å². The van der Waals surface area contributed by atoms with Gasteiger partial charge < -0.3 is 14.5 Å². The van der Waals surface area contributed by atoms with Crippen LogP contribution >= 0.6 is 11.6 Å². The standard InChI is InChI=1S/C18H11ClF3N5O3/c1-8-11-4-2-9(6-14(11)29-15(8)16-24-26-27-25-16)17(28)23-10-3-5-13(12(19)7-10)30-18(20,21)22/h2-7H,1H3,(H,23,28)(H,24,25,26,27). The Morgan fingerprint density at radius 1 is 1.23 bits per heavy atom. The molecule has 0 aliphatic heterocycles. The molecule has 154 valence electrons. The number of hydrogen-bond acceptors (Lipinski definition) is 6. The van der Waals surface area contributed by atoms with E-state index in [-0.39, 0.29) is 22.1 Å². The van der Waals surface area contributed by atoms with Crippen LogP contribution in [0.1, 0.15) is 15.9 Å². The zero-order valence-corrected chi connectivity index (χ0v) is 15.8. The number of benzene rings is 2. The lowest BCUT2D eigenvalue weighted by molar-refractivity contribution is -0.274. The van der Waals surface area contributed by atoms with Crippen LogP contribution in [0.15, 0.2) is 40.8 Å². The van der Waals surface area contributed by atoms with E-state index in [2.05, 4.69) is 30.7 Å². The van der Waals surface area contributed by atoms with Gasteiger partial charge in [0.2, 0.25) is 5.82 Å². The molecule has 0 fully saturated rings. The summed E-state index contributed by atoms with van der Waals surface area (Å²) in [6.07, 6.45) is -4.87. The quantitative estimate of drug-likeness (QED) is 0.478. The van der Waals surface area contributed by atoms with E-state index in [1.807, 2.05) is 6.92 Å². The monoisotopic (exact) mass is 437 g/mol. The Labute approximate surface area is 171 Å². The Bertz CT molecular complexity index is 1240. The maximum Gasteiger partial charge on any atom is 0.573 e. The number of nitrogens with one attached hydrogen (secondary N) is 2. The number of tetrazole rings is 1. The number of H-pyrrole nitrogens is 1. The number of furan rings is 1. The number of aromatic nitrogens is 4. The number of halogens is 4. The molecule has 4 aromatic rings. The van der Waals surface area contributed by atoms with Crippen molar-refractivity contribution in [2.75, 3.05) is 5.32 Å². The summed E-state index contributed by atoms with van der Waals surface area (Å²) in [7, 11) is 0. The minimum atomic E-state index is -4.87. The number of carbonyl (C=O) groups is 1. The van der Waals surface area contributed by atoms with Crippen LogP contribution in [0, 0.1) is 6.92 Å². The highest BCUT2D eigenvalue weighted by molar-refractivity contribution is 6.32. The molecule has 0 unspecified atom stereocenters. The molecule has 8 nitrogen and oxygen atoms in total. The second-order valence-corrected chi connectivity index (χ2v) is 6.56. The first kappa shape index (κ1) is 19.7. The van der Waals surface area contributed by atoms with E-state index in [1.54, 1.807) is 12.1 Å². The van der Waals surface area contributed by atoms with E-state index in [0.717, 1.165) is 23.1 Å². The van der Waals surface area contributed by atoms with Crippen molar-refractivity contribution in [3.8, 4) is 17.3 Å². The van der Waals surface area contributed by atoms with Crippen molar-refractivity contribution in [1.82, 2.24) is 20.6 Å².